The van der Waals surface area contributed by atoms with Crippen molar-refractivity contribution in [2.45, 2.75) is 0 Å². The fourth-order valence-corrected chi connectivity index (χ4v) is 8.01. The summed E-state index contributed by atoms with van der Waals surface area (Å²) in [4.78, 5) is 0. The zero-order chi connectivity index (χ0) is 31.3. The molecule has 0 aliphatic carbocycles. The Labute approximate surface area is 271 Å². The van der Waals surface area contributed by atoms with E-state index < -0.39 is 0 Å². The number of fused-ring (bicyclic) bond motifs is 6. The summed E-state index contributed by atoms with van der Waals surface area (Å²) in [6, 6.07) is 30.8. The summed E-state index contributed by atoms with van der Waals surface area (Å²) in [6.45, 7) is 0. The van der Waals surface area contributed by atoms with E-state index in [0.717, 1.165) is 11.2 Å². The summed E-state index contributed by atoms with van der Waals surface area (Å²) in [5.41, 5.74) is 18.0. The summed E-state index contributed by atoms with van der Waals surface area (Å²) in [6.07, 6.45) is 0. The number of hydrogen-bond donors (Lipinski definition) is 0. The van der Waals surface area contributed by atoms with Crippen molar-refractivity contribution in [1.82, 2.24) is 0 Å². The smallest absolute Gasteiger partial charge is 0.139 e. The average molecular weight is 565 g/mol. The highest BCUT2D eigenvalue weighted by Gasteiger charge is 2.26. The van der Waals surface area contributed by atoms with E-state index in [-0.39, 0.29) is 0 Å². The van der Waals surface area contributed by atoms with Crippen LogP contribution >= 0.6 is 0 Å². The second-order valence-electron chi connectivity index (χ2n) is 13.1. The van der Waals surface area contributed by atoms with Gasteiger partial charge in [-0.05, 0) is 72.8 Å². The first-order valence-corrected chi connectivity index (χ1v) is 16.0. The molecule has 7 aromatic carbocycles. The quantitative estimate of drug-likeness (QED) is 0.157. The molecule has 9 heteroatoms. The highest BCUT2D eigenvalue weighted by atomic mass is 16.3. The van der Waals surface area contributed by atoms with E-state index in [0.29, 0.717) is 0 Å². The van der Waals surface area contributed by atoms with Crippen LogP contribution in [-0.2, 0) is 0 Å². The lowest BCUT2D eigenvalue weighted by atomic mass is 9.59. The molecule has 8 rings (SSSR count). The van der Waals surface area contributed by atoms with Gasteiger partial charge in [0.1, 0.15) is 73.9 Å². The Kier molecular flexibility index (Phi) is 6.30. The van der Waals surface area contributed by atoms with E-state index in [1.807, 2.05) is 0 Å². The Balaban J connectivity index is 1.71. The highest BCUT2D eigenvalue weighted by Crippen LogP contribution is 2.45. The predicted molar refractivity (Wildman–Crippen MR) is 223 cm³/mol. The summed E-state index contributed by atoms with van der Waals surface area (Å²) in [5, 5.41) is 10.2. The molecule has 1 nitrogen and oxygen atoms in total. The van der Waals surface area contributed by atoms with E-state index in [1.54, 1.807) is 0 Å². The normalized spacial score (nSPS) is 11.8. The summed E-state index contributed by atoms with van der Waals surface area (Å²) in [5.74, 6) is 0. The van der Waals surface area contributed by atoms with Gasteiger partial charge in [0.05, 0.1) is 0 Å². The maximum absolute atomic E-state index is 6.63. The molecule has 0 amide bonds. The van der Waals surface area contributed by atoms with Crippen LogP contribution in [-0.4, -0.2) is 62.8 Å². The largest absolute Gasteiger partial charge is 0.456 e. The lowest BCUT2D eigenvalue weighted by Gasteiger charge is -2.28. The Morgan fingerprint density at radius 2 is 0.867 bits per heavy atom. The van der Waals surface area contributed by atoms with Crippen LogP contribution in [0.2, 0.25) is 0 Å². The van der Waals surface area contributed by atoms with Crippen LogP contribution < -0.4 is 43.7 Å². The fraction of sp³-hybridized carbons (Fsp3) is 0. The number of rotatable bonds is 2. The van der Waals surface area contributed by atoms with Crippen molar-refractivity contribution in [3.05, 3.63) is 84.9 Å². The first-order valence-electron chi connectivity index (χ1n) is 16.0. The maximum atomic E-state index is 6.63. The third-order valence-electron chi connectivity index (χ3n) is 11.1. The summed E-state index contributed by atoms with van der Waals surface area (Å²) < 4.78 is 6.63. The molecule has 1 aromatic heterocycles. The maximum Gasteiger partial charge on any atom is 0.139 e. The Morgan fingerprint density at radius 1 is 0.378 bits per heavy atom. The van der Waals surface area contributed by atoms with Crippen molar-refractivity contribution in [2.24, 2.45) is 0 Å². The topological polar surface area (TPSA) is 13.1 Å². The predicted octanol–water partition coefficient (Wildman–Crippen LogP) is -3.55. The average Bonchev–Trinajstić information content (AvgIpc) is 3.43. The lowest BCUT2D eigenvalue weighted by molar-refractivity contribution is 0.669. The lowest BCUT2D eigenvalue weighted by Crippen LogP contribution is -2.50. The van der Waals surface area contributed by atoms with Crippen LogP contribution in [0, 0.1) is 0 Å². The molecule has 0 spiro atoms. The van der Waals surface area contributed by atoms with Gasteiger partial charge in [0, 0.05) is 10.8 Å². The molecule has 1 heterocycles. The molecule has 0 radical (unpaired) electrons. The minimum atomic E-state index is 0.933. The van der Waals surface area contributed by atoms with Crippen LogP contribution in [0.3, 0.4) is 0 Å². The van der Waals surface area contributed by atoms with Gasteiger partial charge in [-0.3, -0.25) is 0 Å². The van der Waals surface area contributed by atoms with E-state index in [4.69, 9.17) is 4.42 Å². The van der Waals surface area contributed by atoms with Crippen molar-refractivity contribution < 1.29 is 4.42 Å². The first-order chi connectivity index (χ1) is 21.7. The number of furan rings is 1. The summed E-state index contributed by atoms with van der Waals surface area (Å²) >= 11 is 0. The van der Waals surface area contributed by atoms with Gasteiger partial charge < -0.3 is 4.42 Å². The van der Waals surface area contributed by atoms with Crippen LogP contribution in [0.1, 0.15) is 0 Å². The minimum Gasteiger partial charge on any atom is -0.456 e. The van der Waals surface area contributed by atoms with Gasteiger partial charge in [0.15, 0.2) is 0 Å². The van der Waals surface area contributed by atoms with Crippen molar-refractivity contribution in [3.63, 3.8) is 0 Å². The molecule has 0 atom stereocenters. The third kappa shape index (κ3) is 3.86. The van der Waals surface area contributed by atoms with E-state index in [2.05, 4.69) is 148 Å². The SMILES string of the molecule is Bc1c(B)c(B)c2c(-c3cccc4oc5cc6ccccc6cc5c34)c3c(B)c(B)c(B)c(B)c3c(-c3ccccc3)c2c1B. The van der Waals surface area contributed by atoms with Crippen LogP contribution in [0.15, 0.2) is 89.3 Å². The van der Waals surface area contributed by atoms with E-state index >= 15 is 0 Å². The molecule has 8 aromatic rings. The highest BCUT2D eigenvalue weighted by molar-refractivity contribution is 6.71. The van der Waals surface area contributed by atoms with Gasteiger partial charge >= 0.3 is 0 Å². The molecular weight excluding hydrogens is 535 g/mol. The van der Waals surface area contributed by atoms with Crippen molar-refractivity contribution in [1.29, 1.82) is 0 Å². The molecular formula is C36H30B8O. The monoisotopic (exact) mass is 566 g/mol. The second kappa shape index (κ2) is 10.1. The molecule has 0 aliphatic rings. The molecule has 0 bridgehead atoms. The van der Waals surface area contributed by atoms with Crippen molar-refractivity contribution in [3.8, 4) is 22.3 Å². The van der Waals surface area contributed by atoms with Crippen LogP contribution in [0.5, 0.6) is 0 Å². The van der Waals surface area contributed by atoms with Gasteiger partial charge in [-0.15, -0.1) is 21.9 Å². The van der Waals surface area contributed by atoms with E-state index in [1.165, 1.54) is 109 Å². The molecule has 0 aliphatic heterocycles. The molecule has 0 saturated carbocycles. The molecule has 0 saturated heterocycles. The molecule has 0 N–H and O–H groups in total. The van der Waals surface area contributed by atoms with Gasteiger partial charge in [-0.2, -0.15) is 0 Å². The standard InChI is InChI=1S/C36H30B8O/c37-29-25-22(15-7-2-1-3-8-15)26-28(32(40)36(44)34(42)30(26)38)24(27(25)31(39)35(43)33(29)41)18-11-6-12-20-23(18)19-13-16-9-4-5-10-17(16)14-21(19)45-20/h1-14H,37-44H2. The fourth-order valence-electron chi connectivity index (χ4n) is 8.01. The van der Waals surface area contributed by atoms with Crippen LogP contribution in [0.25, 0.3) is 76.5 Å². The Bertz CT molecular complexity index is 2490. The van der Waals surface area contributed by atoms with Gasteiger partial charge in [-0.1, -0.05) is 88.6 Å². The van der Waals surface area contributed by atoms with Gasteiger partial charge in [-0.25, -0.2) is 0 Å². The first kappa shape index (κ1) is 28.1. The molecule has 0 fully saturated rings. The van der Waals surface area contributed by atoms with Crippen molar-refractivity contribution >= 4 is 161 Å². The van der Waals surface area contributed by atoms with Gasteiger partial charge in [0.25, 0.3) is 0 Å². The molecule has 204 valence electrons. The molecule has 0 unspecified atom stereocenters. The second-order valence-corrected chi connectivity index (χ2v) is 13.1. The van der Waals surface area contributed by atoms with Crippen molar-refractivity contribution in [2.75, 3.05) is 0 Å². The number of hydrogen-bond acceptors (Lipinski definition) is 1. The van der Waals surface area contributed by atoms with Gasteiger partial charge in [0.2, 0.25) is 0 Å². The Hall–Kier alpha value is -4.36. The number of benzene rings is 7. The summed E-state index contributed by atoms with van der Waals surface area (Å²) in [7, 11) is 18.5. The molecule has 45 heavy (non-hydrogen) atoms. The zero-order valence-corrected chi connectivity index (χ0v) is 27.5. The minimum absolute atomic E-state index is 0.933. The zero-order valence-electron chi connectivity index (χ0n) is 27.5. The van der Waals surface area contributed by atoms with Crippen LogP contribution in [0.4, 0.5) is 0 Å². The van der Waals surface area contributed by atoms with E-state index in [9.17, 15) is 0 Å². The Morgan fingerprint density at radius 3 is 1.42 bits per heavy atom. The third-order valence-corrected chi connectivity index (χ3v) is 11.1.